The Bertz CT molecular complexity index is 586. The SMILES string of the molecule is CC(C)NC(=O)CCNC(=O)NCCCN1CCN(Cc2ccccc2)CC1. The van der Waals surface area contributed by atoms with Crippen molar-refractivity contribution in [3.05, 3.63) is 35.9 Å². The van der Waals surface area contributed by atoms with Crippen molar-refractivity contribution in [1.82, 2.24) is 25.8 Å². The van der Waals surface area contributed by atoms with Crippen LogP contribution in [0.3, 0.4) is 0 Å². The number of nitrogens with one attached hydrogen (secondary N) is 3. The number of carbonyl (C=O) groups is 2. The highest BCUT2D eigenvalue weighted by atomic mass is 16.2. The largest absolute Gasteiger partial charge is 0.354 e. The first-order chi connectivity index (χ1) is 13.5. The van der Waals surface area contributed by atoms with Gasteiger partial charge in [-0.3, -0.25) is 9.69 Å². The minimum atomic E-state index is -0.204. The Morgan fingerprint density at radius 2 is 1.61 bits per heavy atom. The molecule has 0 spiro atoms. The van der Waals surface area contributed by atoms with E-state index < -0.39 is 0 Å². The highest BCUT2D eigenvalue weighted by molar-refractivity contribution is 5.78. The molecule has 7 nitrogen and oxygen atoms in total. The smallest absolute Gasteiger partial charge is 0.314 e. The van der Waals surface area contributed by atoms with Gasteiger partial charge in [0.1, 0.15) is 0 Å². The molecular weight excluding hydrogens is 354 g/mol. The first-order valence-corrected chi connectivity index (χ1v) is 10.3. The van der Waals surface area contributed by atoms with Gasteiger partial charge >= 0.3 is 6.03 Å². The van der Waals surface area contributed by atoms with Gasteiger partial charge in [-0.2, -0.15) is 0 Å². The fraction of sp³-hybridized carbons (Fsp3) is 0.619. The Morgan fingerprint density at radius 3 is 2.29 bits per heavy atom. The summed E-state index contributed by atoms with van der Waals surface area (Å²) in [6.45, 7) is 11.2. The van der Waals surface area contributed by atoms with Crippen molar-refractivity contribution in [3.8, 4) is 0 Å². The number of amides is 3. The molecule has 0 bridgehead atoms. The molecule has 1 aromatic rings. The number of piperazine rings is 1. The maximum absolute atomic E-state index is 11.7. The van der Waals surface area contributed by atoms with Crippen LogP contribution in [0.1, 0.15) is 32.3 Å². The van der Waals surface area contributed by atoms with E-state index in [0.29, 0.717) is 19.5 Å². The number of hydrogen-bond donors (Lipinski definition) is 3. The van der Waals surface area contributed by atoms with E-state index in [1.54, 1.807) is 0 Å². The number of benzene rings is 1. The average Bonchev–Trinajstić information content (AvgIpc) is 2.67. The zero-order chi connectivity index (χ0) is 20.2. The molecule has 3 N–H and O–H groups in total. The number of carbonyl (C=O) groups excluding carboxylic acids is 2. The molecule has 28 heavy (non-hydrogen) atoms. The van der Waals surface area contributed by atoms with Crippen molar-refractivity contribution in [2.24, 2.45) is 0 Å². The number of nitrogens with zero attached hydrogens (tertiary/aromatic N) is 2. The quantitative estimate of drug-likeness (QED) is 0.529. The monoisotopic (exact) mass is 389 g/mol. The highest BCUT2D eigenvalue weighted by Gasteiger charge is 2.16. The van der Waals surface area contributed by atoms with Crippen LogP contribution in [0.15, 0.2) is 30.3 Å². The van der Waals surface area contributed by atoms with Gasteiger partial charge in [-0.1, -0.05) is 30.3 Å². The van der Waals surface area contributed by atoms with Crippen LogP contribution in [0.2, 0.25) is 0 Å². The zero-order valence-corrected chi connectivity index (χ0v) is 17.2. The van der Waals surface area contributed by atoms with Gasteiger partial charge in [0.25, 0.3) is 0 Å². The van der Waals surface area contributed by atoms with Crippen LogP contribution in [-0.2, 0) is 11.3 Å². The molecule has 0 atom stereocenters. The molecular formula is C21H35N5O2. The van der Waals surface area contributed by atoms with Crippen molar-refractivity contribution < 1.29 is 9.59 Å². The number of rotatable bonds is 10. The van der Waals surface area contributed by atoms with E-state index in [0.717, 1.165) is 45.7 Å². The predicted molar refractivity (Wildman–Crippen MR) is 112 cm³/mol. The lowest BCUT2D eigenvalue weighted by molar-refractivity contribution is -0.121. The maximum atomic E-state index is 11.7. The Labute approximate surface area is 168 Å². The van der Waals surface area contributed by atoms with Crippen molar-refractivity contribution >= 4 is 11.9 Å². The van der Waals surface area contributed by atoms with Crippen molar-refractivity contribution in [1.29, 1.82) is 0 Å². The molecule has 1 aromatic carbocycles. The first-order valence-electron chi connectivity index (χ1n) is 10.3. The summed E-state index contributed by atoms with van der Waals surface area (Å²) in [5, 5.41) is 8.38. The fourth-order valence-electron chi connectivity index (χ4n) is 3.26. The van der Waals surface area contributed by atoms with Gasteiger partial charge in [0.15, 0.2) is 0 Å². The molecule has 0 aromatic heterocycles. The molecule has 1 fully saturated rings. The van der Waals surface area contributed by atoms with Crippen molar-refractivity contribution in [2.75, 3.05) is 45.8 Å². The van der Waals surface area contributed by atoms with E-state index in [9.17, 15) is 9.59 Å². The summed E-state index contributed by atoms with van der Waals surface area (Å²) in [6, 6.07) is 10.5. The third-order valence-electron chi connectivity index (χ3n) is 4.74. The van der Waals surface area contributed by atoms with Gasteiger partial charge in [-0.05, 0) is 32.4 Å². The Balaban J connectivity index is 1.48. The van der Waals surface area contributed by atoms with E-state index in [2.05, 4.69) is 56.1 Å². The van der Waals surface area contributed by atoms with Crippen LogP contribution in [0, 0.1) is 0 Å². The molecule has 0 unspecified atom stereocenters. The van der Waals surface area contributed by atoms with Gasteiger partial charge in [0, 0.05) is 58.3 Å². The lowest BCUT2D eigenvalue weighted by Crippen LogP contribution is -2.46. The normalized spacial score (nSPS) is 15.4. The molecule has 1 heterocycles. The molecule has 0 radical (unpaired) electrons. The molecule has 0 saturated carbocycles. The minimum Gasteiger partial charge on any atom is -0.354 e. The van der Waals surface area contributed by atoms with E-state index in [4.69, 9.17) is 0 Å². The third-order valence-corrected chi connectivity index (χ3v) is 4.74. The Kier molecular flexibility index (Phi) is 9.79. The van der Waals surface area contributed by atoms with Gasteiger partial charge in [-0.15, -0.1) is 0 Å². The molecule has 2 rings (SSSR count). The molecule has 156 valence electrons. The summed E-state index contributed by atoms with van der Waals surface area (Å²) >= 11 is 0. The zero-order valence-electron chi connectivity index (χ0n) is 17.2. The molecule has 1 saturated heterocycles. The summed E-state index contributed by atoms with van der Waals surface area (Å²) in [7, 11) is 0. The maximum Gasteiger partial charge on any atom is 0.314 e. The number of urea groups is 1. The van der Waals surface area contributed by atoms with Crippen LogP contribution in [0.4, 0.5) is 4.79 Å². The standard InChI is InChI=1S/C21H35N5O2/c1-18(2)24-20(27)9-11-23-21(28)22-10-6-12-25-13-15-26(16-14-25)17-19-7-4-3-5-8-19/h3-5,7-8,18H,6,9-17H2,1-2H3,(H,24,27)(H2,22,23,28). The van der Waals surface area contributed by atoms with Crippen LogP contribution < -0.4 is 16.0 Å². The van der Waals surface area contributed by atoms with Gasteiger partial charge in [0.2, 0.25) is 5.91 Å². The molecule has 7 heteroatoms. The van der Waals surface area contributed by atoms with Crippen LogP contribution in [-0.4, -0.2) is 73.6 Å². The van der Waals surface area contributed by atoms with Gasteiger partial charge in [-0.25, -0.2) is 4.79 Å². The second kappa shape index (κ2) is 12.4. The lowest BCUT2D eigenvalue weighted by Gasteiger charge is -2.34. The third kappa shape index (κ3) is 9.19. The van der Waals surface area contributed by atoms with E-state index in [1.807, 2.05) is 13.8 Å². The summed E-state index contributed by atoms with van der Waals surface area (Å²) in [5.74, 6) is -0.0401. The molecule has 1 aliphatic rings. The second-order valence-corrected chi connectivity index (χ2v) is 7.61. The van der Waals surface area contributed by atoms with E-state index in [-0.39, 0.29) is 18.0 Å². The van der Waals surface area contributed by atoms with Crippen LogP contribution in [0.25, 0.3) is 0 Å². The molecule has 0 aliphatic carbocycles. The van der Waals surface area contributed by atoms with E-state index in [1.165, 1.54) is 5.56 Å². The van der Waals surface area contributed by atoms with Crippen molar-refractivity contribution in [2.45, 2.75) is 39.3 Å². The average molecular weight is 390 g/mol. The van der Waals surface area contributed by atoms with Gasteiger partial charge in [0.05, 0.1) is 0 Å². The second-order valence-electron chi connectivity index (χ2n) is 7.61. The minimum absolute atomic E-state index is 0.0401. The van der Waals surface area contributed by atoms with Gasteiger partial charge < -0.3 is 20.9 Å². The molecule has 1 aliphatic heterocycles. The Morgan fingerprint density at radius 1 is 0.964 bits per heavy atom. The number of hydrogen-bond acceptors (Lipinski definition) is 4. The summed E-state index contributed by atoms with van der Waals surface area (Å²) in [4.78, 5) is 28.2. The van der Waals surface area contributed by atoms with Crippen LogP contribution >= 0.6 is 0 Å². The fourth-order valence-corrected chi connectivity index (χ4v) is 3.26. The summed E-state index contributed by atoms with van der Waals surface area (Å²) in [5.41, 5.74) is 1.37. The Hall–Kier alpha value is -2.12. The molecule has 3 amide bonds. The van der Waals surface area contributed by atoms with E-state index >= 15 is 0 Å². The summed E-state index contributed by atoms with van der Waals surface area (Å²) < 4.78 is 0. The van der Waals surface area contributed by atoms with Crippen molar-refractivity contribution in [3.63, 3.8) is 0 Å². The summed E-state index contributed by atoms with van der Waals surface area (Å²) in [6.07, 6.45) is 1.23. The highest BCUT2D eigenvalue weighted by Crippen LogP contribution is 2.08. The first kappa shape index (κ1) is 22.2. The lowest BCUT2D eigenvalue weighted by atomic mass is 10.2. The predicted octanol–water partition coefficient (Wildman–Crippen LogP) is 1.41. The topological polar surface area (TPSA) is 76.7 Å². The van der Waals surface area contributed by atoms with Crippen LogP contribution in [0.5, 0.6) is 0 Å².